The molecular weight excluding hydrogens is 296 g/mol. The molecule has 0 radical (unpaired) electrons. The molecule has 0 saturated heterocycles. The Labute approximate surface area is 115 Å². The van der Waals surface area contributed by atoms with Crippen molar-refractivity contribution in [3.63, 3.8) is 0 Å². The third-order valence-electron chi connectivity index (χ3n) is 3.32. The second-order valence-electron chi connectivity index (χ2n) is 4.54. The number of ketones is 1. The van der Waals surface area contributed by atoms with Crippen molar-refractivity contribution in [3.05, 3.63) is 32.8 Å². The van der Waals surface area contributed by atoms with E-state index in [0.717, 1.165) is 21.2 Å². The summed E-state index contributed by atoms with van der Waals surface area (Å²) in [6, 6.07) is 1.98. The lowest BCUT2D eigenvalue weighted by molar-refractivity contribution is -0.145. The van der Waals surface area contributed by atoms with Crippen LogP contribution in [0.2, 0.25) is 0 Å². The molecule has 1 aliphatic rings. The SMILES string of the molecule is CCOC(=O)C1Cc2cc(C)c(Br)c(C)c2C1=O. The van der Waals surface area contributed by atoms with Crippen molar-refractivity contribution >= 4 is 27.7 Å². The molecule has 0 saturated carbocycles. The number of fused-ring (bicyclic) bond motifs is 1. The Hall–Kier alpha value is -1.16. The Kier molecular flexibility index (Phi) is 3.57. The molecule has 3 nitrogen and oxygen atoms in total. The lowest BCUT2D eigenvalue weighted by atomic mass is 10.0. The number of halogens is 1. The van der Waals surface area contributed by atoms with Crippen LogP contribution >= 0.6 is 15.9 Å². The van der Waals surface area contributed by atoms with E-state index in [-0.39, 0.29) is 5.78 Å². The minimum absolute atomic E-state index is 0.110. The molecule has 0 heterocycles. The molecule has 0 spiro atoms. The number of hydrogen-bond donors (Lipinski definition) is 0. The van der Waals surface area contributed by atoms with E-state index in [1.54, 1.807) is 6.92 Å². The average molecular weight is 311 g/mol. The van der Waals surface area contributed by atoms with Gasteiger partial charge in [0.1, 0.15) is 5.92 Å². The lowest BCUT2D eigenvalue weighted by Gasteiger charge is -2.08. The number of Topliss-reactive ketones (excluding diaryl/α,β-unsaturated/α-hetero) is 1. The Bertz CT molecular complexity index is 534. The predicted octanol–water partition coefficient (Wildman–Crippen LogP) is 2.98. The van der Waals surface area contributed by atoms with Crippen LogP contribution in [0.1, 0.15) is 34.0 Å². The Balaban J connectivity index is 2.43. The van der Waals surface area contributed by atoms with Gasteiger partial charge in [-0.25, -0.2) is 0 Å². The minimum atomic E-state index is -0.660. The summed E-state index contributed by atoms with van der Waals surface area (Å²) in [5.41, 5.74) is 3.65. The summed E-state index contributed by atoms with van der Waals surface area (Å²) >= 11 is 3.48. The first-order valence-corrected chi connectivity index (χ1v) is 6.76. The fourth-order valence-electron chi connectivity index (χ4n) is 2.47. The van der Waals surface area contributed by atoms with Crippen molar-refractivity contribution in [2.75, 3.05) is 6.61 Å². The van der Waals surface area contributed by atoms with Gasteiger partial charge in [-0.2, -0.15) is 0 Å². The molecule has 0 fully saturated rings. The Morgan fingerprint density at radius 3 is 2.78 bits per heavy atom. The van der Waals surface area contributed by atoms with Crippen molar-refractivity contribution in [2.24, 2.45) is 5.92 Å². The smallest absolute Gasteiger partial charge is 0.317 e. The van der Waals surface area contributed by atoms with Gasteiger partial charge in [-0.1, -0.05) is 22.0 Å². The third kappa shape index (κ3) is 1.99. The van der Waals surface area contributed by atoms with E-state index in [0.29, 0.717) is 18.6 Å². The molecule has 1 unspecified atom stereocenters. The molecule has 0 bridgehead atoms. The van der Waals surface area contributed by atoms with Gasteiger partial charge in [0, 0.05) is 10.0 Å². The molecule has 1 aromatic carbocycles. The molecule has 0 aromatic heterocycles. The van der Waals surface area contributed by atoms with Crippen LogP contribution in [0, 0.1) is 19.8 Å². The second-order valence-corrected chi connectivity index (χ2v) is 5.33. The molecule has 18 heavy (non-hydrogen) atoms. The van der Waals surface area contributed by atoms with E-state index in [1.165, 1.54) is 0 Å². The minimum Gasteiger partial charge on any atom is -0.465 e. The van der Waals surface area contributed by atoms with Crippen molar-refractivity contribution in [2.45, 2.75) is 27.2 Å². The van der Waals surface area contributed by atoms with Gasteiger partial charge < -0.3 is 4.74 Å². The quantitative estimate of drug-likeness (QED) is 0.623. The number of ether oxygens (including phenoxy) is 1. The van der Waals surface area contributed by atoms with E-state index < -0.39 is 11.9 Å². The second kappa shape index (κ2) is 4.84. The zero-order valence-corrected chi connectivity index (χ0v) is 12.3. The van der Waals surface area contributed by atoms with Gasteiger partial charge in [0.05, 0.1) is 6.61 Å². The monoisotopic (exact) mass is 310 g/mol. The summed E-state index contributed by atoms with van der Waals surface area (Å²) in [5.74, 6) is -1.18. The zero-order chi connectivity index (χ0) is 13.4. The predicted molar refractivity (Wildman–Crippen MR) is 71.8 cm³/mol. The molecule has 0 amide bonds. The molecule has 1 aliphatic carbocycles. The number of carbonyl (C=O) groups is 2. The van der Waals surface area contributed by atoms with E-state index in [4.69, 9.17) is 4.74 Å². The highest BCUT2D eigenvalue weighted by Gasteiger charge is 2.38. The van der Waals surface area contributed by atoms with E-state index in [9.17, 15) is 9.59 Å². The summed E-state index contributed by atoms with van der Waals surface area (Å²) in [6.07, 6.45) is 0.460. The van der Waals surface area contributed by atoms with Gasteiger partial charge in [0.2, 0.25) is 0 Å². The Morgan fingerprint density at radius 1 is 1.50 bits per heavy atom. The van der Waals surface area contributed by atoms with Crippen LogP contribution in [0.5, 0.6) is 0 Å². The van der Waals surface area contributed by atoms with Crippen molar-refractivity contribution in [1.82, 2.24) is 0 Å². The van der Waals surface area contributed by atoms with E-state index in [2.05, 4.69) is 15.9 Å². The van der Waals surface area contributed by atoms with Crippen molar-refractivity contribution < 1.29 is 14.3 Å². The molecule has 1 aromatic rings. The number of benzene rings is 1. The van der Waals surface area contributed by atoms with Crippen LogP contribution in [0.25, 0.3) is 0 Å². The maximum Gasteiger partial charge on any atom is 0.317 e. The van der Waals surface area contributed by atoms with Crippen LogP contribution in [-0.4, -0.2) is 18.4 Å². The average Bonchev–Trinajstić information content (AvgIpc) is 2.64. The number of aryl methyl sites for hydroxylation is 1. The van der Waals surface area contributed by atoms with Crippen LogP contribution in [0.15, 0.2) is 10.5 Å². The van der Waals surface area contributed by atoms with Crippen LogP contribution in [-0.2, 0) is 16.0 Å². The number of rotatable bonds is 2. The summed E-state index contributed by atoms with van der Waals surface area (Å²) in [4.78, 5) is 24.0. The van der Waals surface area contributed by atoms with Gasteiger partial charge in [0.15, 0.2) is 5.78 Å². The van der Waals surface area contributed by atoms with Crippen LogP contribution < -0.4 is 0 Å². The highest BCUT2D eigenvalue weighted by Crippen LogP contribution is 2.35. The zero-order valence-electron chi connectivity index (χ0n) is 10.7. The van der Waals surface area contributed by atoms with E-state index in [1.807, 2.05) is 19.9 Å². The summed E-state index contributed by atoms with van der Waals surface area (Å²) < 4.78 is 5.90. The molecule has 2 rings (SSSR count). The number of carbonyl (C=O) groups excluding carboxylic acids is 2. The molecular formula is C14H15BrO3. The first-order chi connectivity index (χ1) is 8.47. The Morgan fingerprint density at radius 2 is 2.17 bits per heavy atom. The van der Waals surface area contributed by atoms with Crippen LogP contribution in [0.4, 0.5) is 0 Å². The molecule has 96 valence electrons. The molecule has 0 aliphatic heterocycles. The summed E-state index contributed by atoms with van der Waals surface area (Å²) in [5, 5.41) is 0. The van der Waals surface area contributed by atoms with Crippen molar-refractivity contribution in [1.29, 1.82) is 0 Å². The fourth-order valence-corrected chi connectivity index (χ4v) is 2.78. The van der Waals surface area contributed by atoms with Gasteiger partial charge >= 0.3 is 5.97 Å². The van der Waals surface area contributed by atoms with Gasteiger partial charge in [-0.3, -0.25) is 9.59 Å². The number of esters is 1. The maximum atomic E-state index is 12.3. The van der Waals surface area contributed by atoms with Gasteiger partial charge in [-0.15, -0.1) is 0 Å². The lowest BCUT2D eigenvalue weighted by Crippen LogP contribution is -2.23. The standard InChI is InChI=1S/C14H15BrO3/c1-4-18-14(17)10-6-9-5-7(2)12(15)8(3)11(9)13(10)16/h5,10H,4,6H2,1-3H3. The molecule has 0 N–H and O–H groups in total. The summed E-state index contributed by atoms with van der Waals surface area (Å²) in [7, 11) is 0. The topological polar surface area (TPSA) is 43.4 Å². The first kappa shape index (κ1) is 13.3. The van der Waals surface area contributed by atoms with E-state index >= 15 is 0 Å². The maximum absolute atomic E-state index is 12.3. The fraction of sp³-hybridized carbons (Fsp3) is 0.429. The largest absolute Gasteiger partial charge is 0.465 e. The van der Waals surface area contributed by atoms with Crippen molar-refractivity contribution in [3.8, 4) is 0 Å². The highest BCUT2D eigenvalue weighted by molar-refractivity contribution is 9.10. The molecule has 4 heteroatoms. The van der Waals surface area contributed by atoms with Crippen LogP contribution in [0.3, 0.4) is 0 Å². The third-order valence-corrected chi connectivity index (χ3v) is 4.54. The highest BCUT2D eigenvalue weighted by atomic mass is 79.9. The summed E-state index contributed by atoms with van der Waals surface area (Å²) in [6.45, 7) is 5.94. The number of hydrogen-bond acceptors (Lipinski definition) is 3. The van der Waals surface area contributed by atoms with Gasteiger partial charge in [-0.05, 0) is 43.9 Å². The first-order valence-electron chi connectivity index (χ1n) is 5.96. The normalized spacial score (nSPS) is 17.8. The molecule has 1 atom stereocenters. The van der Waals surface area contributed by atoms with Gasteiger partial charge in [0.25, 0.3) is 0 Å².